The minimum Gasteiger partial charge on any atom is -0.497 e. The first-order valence-corrected chi connectivity index (χ1v) is 10.5. The van der Waals surface area contributed by atoms with Crippen molar-refractivity contribution >= 4 is 5.82 Å². The maximum atomic E-state index is 5.27. The average molecular weight is 411 g/mol. The fraction of sp³-hybridized carbons (Fsp3) is 0.192. The molecule has 0 aliphatic rings. The molecule has 0 bridgehead atoms. The molecule has 0 spiro atoms. The quantitative estimate of drug-likeness (QED) is 0.390. The molecule has 0 atom stereocenters. The Labute approximate surface area is 183 Å². The average Bonchev–Trinajstić information content (AvgIpc) is 2.85. The van der Waals surface area contributed by atoms with Crippen molar-refractivity contribution in [2.45, 2.75) is 13.8 Å². The van der Waals surface area contributed by atoms with Crippen LogP contribution in [-0.4, -0.2) is 35.2 Å². The number of methoxy groups -OCH3 is 1. The van der Waals surface area contributed by atoms with Gasteiger partial charge in [-0.3, -0.25) is 4.98 Å². The first-order chi connectivity index (χ1) is 15.2. The molecule has 5 heteroatoms. The summed E-state index contributed by atoms with van der Waals surface area (Å²) in [6.07, 6.45) is 3.73. The summed E-state index contributed by atoms with van der Waals surface area (Å²) in [4.78, 5) is 16.5. The molecule has 0 aliphatic carbocycles. The van der Waals surface area contributed by atoms with Gasteiger partial charge in [0.15, 0.2) is 5.82 Å². The molecule has 0 saturated heterocycles. The lowest BCUT2D eigenvalue weighted by atomic mass is 10.0. The van der Waals surface area contributed by atoms with E-state index >= 15 is 0 Å². The number of pyridine rings is 1. The van der Waals surface area contributed by atoms with Crippen LogP contribution in [0.2, 0.25) is 0 Å². The van der Waals surface area contributed by atoms with Crippen molar-refractivity contribution in [2.24, 2.45) is 0 Å². The lowest BCUT2D eigenvalue weighted by Crippen LogP contribution is -2.23. The minimum absolute atomic E-state index is 0.717. The Kier molecular flexibility index (Phi) is 6.22. The smallest absolute Gasteiger partial charge is 0.162 e. The topological polar surface area (TPSA) is 51.1 Å². The second-order valence-corrected chi connectivity index (χ2v) is 7.16. The minimum atomic E-state index is 0.717. The van der Waals surface area contributed by atoms with Gasteiger partial charge in [0.1, 0.15) is 11.6 Å². The molecule has 156 valence electrons. The highest BCUT2D eigenvalue weighted by Crippen LogP contribution is 2.29. The second-order valence-electron chi connectivity index (χ2n) is 7.16. The van der Waals surface area contributed by atoms with Crippen molar-refractivity contribution in [2.75, 3.05) is 25.1 Å². The van der Waals surface area contributed by atoms with Crippen molar-refractivity contribution < 1.29 is 4.74 Å². The molecule has 2 aromatic carbocycles. The largest absolute Gasteiger partial charge is 0.497 e. The van der Waals surface area contributed by atoms with Gasteiger partial charge in [-0.1, -0.05) is 42.5 Å². The monoisotopic (exact) mass is 410 g/mol. The van der Waals surface area contributed by atoms with E-state index in [2.05, 4.69) is 29.8 Å². The molecule has 4 rings (SSSR count). The second kappa shape index (κ2) is 9.39. The third-order valence-corrected chi connectivity index (χ3v) is 5.29. The van der Waals surface area contributed by atoms with E-state index in [0.717, 1.165) is 58.4 Å². The molecule has 31 heavy (non-hydrogen) atoms. The third kappa shape index (κ3) is 4.56. The Morgan fingerprint density at radius 3 is 2.13 bits per heavy atom. The molecule has 4 aromatic rings. The van der Waals surface area contributed by atoms with Crippen molar-refractivity contribution in [3.63, 3.8) is 0 Å². The van der Waals surface area contributed by atoms with E-state index in [0.29, 0.717) is 0 Å². The van der Waals surface area contributed by atoms with Crippen molar-refractivity contribution in [3.8, 4) is 39.5 Å². The van der Waals surface area contributed by atoms with E-state index in [4.69, 9.17) is 14.7 Å². The van der Waals surface area contributed by atoms with E-state index in [1.165, 1.54) is 0 Å². The number of hydrogen-bond acceptors (Lipinski definition) is 5. The summed E-state index contributed by atoms with van der Waals surface area (Å²) < 4.78 is 5.27. The van der Waals surface area contributed by atoms with Crippen LogP contribution >= 0.6 is 0 Å². The number of aromatic nitrogens is 3. The lowest BCUT2D eigenvalue weighted by molar-refractivity contribution is 0.415. The Morgan fingerprint density at radius 1 is 0.742 bits per heavy atom. The summed E-state index contributed by atoms with van der Waals surface area (Å²) in [7, 11) is 1.67. The Morgan fingerprint density at radius 2 is 1.45 bits per heavy atom. The molecule has 0 fully saturated rings. The van der Waals surface area contributed by atoms with Crippen molar-refractivity contribution in [3.05, 3.63) is 79.1 Å². The van der Waals surface area contributed by atoms with Gasteiger partial charge in [-0.05, 0) is 37.6 Å². The number of nitrogens with zero attached hydrogens (tertiary/aromatic N) is 4. The molecule has 0 N–H and O–H groups in total. The number of benzene rings is 2. The van der Waals surface area contributed by atoms with E-state index in [-0.39, 0.29) is 0 Å². The van der Waals surface area contributed by atoms with Crippen LogP contribution in [0.4, 0.5) is 5.82 Å². The van der Waals surface area contributed by atoms with Gasteiger partial charge in [0.05, 0.1) is 12.8 Å². The zero-order valence-electron chi connectivity index (χ0n) is 18.1. The highest BCUT2D eigenvalue weighted by molar-refractivity contribution is 5.73. The van der Waals surface area contributed by atoms with Gasteiger partial charge in [0.2, 0.25) is 0 Å². The zero-order chi connectivity index (χ0) is 21.6. The summed E-state index contributed by atoms with van der Waals surface area (Å²) >= 11 is 0. The van der Waals surface area contributed by atoms with Crippen LogP contribution in [0.1, 0.15) is 13.8 Å². The fourth-order valence-electron chi connectivity index (χ4n) is 3.53. The van der Waals surface area contributed by atoms with Crippen LogP contribution in [0, 0.1) is 0 Å². The number of ether oxygens (including phenoxy) is 1. The van der Waals surface area contributed by atoms with Crippen molar-refractivity contribution in [1.29, 1.82) is 0 Å². The van der Waals surface area contributed by atoms with Crippen LogP contribution in [0.25, 0.3) is 33.8 Å². The molecule has 0 amide bonds. The molecule has 5 nitrogen and oxygen atoms in total. The molecular weight excluding hydrogens is 384 g/mol. The predicted octanol–water partition coefficient (Wildman–Crippen LogP) is 5.73. The third-order valence-electron chi connectivity index (χ3n) is 5.29. The van der Waals surface area contributed by atoms with Crippen LogP contribution in [0.3, 0.4) is 0 Å². The van der Waals surface area contributed by atoms with Gasteiger partial charge in [0.25, 0.3) is 0 Å². The van der Waals surface area contributed by atoms with Crippen LogP contribution < -0.4 is 9.64 Å². The molecule has 2 heterocycles. The normalized spacial score (nSPS) is 10.7. The van der Waals surface area contributed by atoms with Crippen LogP contribution in [0.15, 0.2) is 79.1 Å². The SMILES string of the molecule is CCN(CC)c1cc(-c2cncc(-c3ccc(OC)cc3)c2)nc(-c2ccccc2)n1. The van der Waals surface area contributed by atoms with Gasteiger partial charge in [-0.15, -0.1) is 0 Å². The molecule has 2 aromatic heterocycles. The first kappa shape index (κ1) is 20.5. The maximum absolute atomic E-state index is 5.27. The van der Waals surface area contributed by atoms with Gasteiger partial charge in [-0.25, -0.2) is 9.97 Å². The number of anilines is 1. The standard InChI is InChI=1S/C26H26N4O/c1-4-30(5-2)25-16-24(28-26(29-25)20-9-7-6-8-10-20)22-15-21(17-27-18-22)19-11-13-23(31-3)14-12-19/h6-18H,4-5H2,1-3H3. The molecule has 0 unspecified atom stereocenters. The van der Waals surface area contributed by atoms with Crippen molar-refractivity contribution in [1.82, 2.24) is 15.0 Å². The van der Waals surface area contributed by atoms with Crippen LogP contribution in [-0.2, 0) is 0 Å². The fourth-order valence-corrected chi connectivity index (χ4v) is 3.53. The van der Waals surface area contributed by atoms with Crippen LogP contribution in [0.5, 0.6) is 5.75 Å². The molecule has 0 aliphatic heterocycles. The summed E-state index contributed by atoms with van der Waals surface area (Å²) in [5.74, 6) is 2.47. The summed E-state index contributed by atoms with van der Waals surface area (Å²) in [6, 6.07) is 22.3. The summed E-state index contributed by atoms with van der Waals surface area (Å²) in [5.41, 5.74) is 4.93. The van der Waals surface area contributed by atoms with Gasteiger partial charge >= 0.3 is 0 Å². The summed E-state index contributed by atoms with van der Waals surface area (Å²) in [5, 5.41) is 0. The van der Waals surface area contributed by atoms with Gasteiger partial charge in [-0.2, -0.15) is 0 Å². The van der Waals surface area contributed by atoms with E-state index in [1.54, 1.807) is 7.11 Å². The molecular formula is C26H26N4O. The zero-order valence-corrected chi connectivity index (χ0v) is 18.1. The Balaban J connectivity index is 1.80. The van der Waals surface area contributed by atoms with Gasteiger partial charge in [0, 0.05) is 48.2 Å². The highest BCUT2D eigenvalue weighted by Gasteiger charge is 2.13. The Hall–Kier alpha value is -3.73. The lowest BCUT2D eigenvalue weighted by Gasteiger charge is -2.21. The molecule has 0 radical (unpaired) electrons. The van der Waals surface area contributed by atoms with E-state index in [1.807, 2.05) is 73.1 Å². The summed E-state index contributed by atoms with van der Waals surface area (Å²) in [6.45, 7) is 6.04. The van der Waals surface area contributed by atoms with E-state index < -0.39 is 0 Å². The maximum Gasteiger partial charge on any atom is 0.162 e. The number of rotatable bonds is 7. The Bertz CT molecular complexity index is 1140. The highest BCUT2D eigenvalue weighted by atomic mass is 16.5. The number of hydrogen-bond donors (Lipinski definition) is 0. The predicted molar refractivity (Wildman–Crippen MR) is 126 cm³/mol. The first-order valence-electron chi connectivity index (χ1n) is 10.5. The molecule has 0 saturated carbocycles. The van der Waals surface area contributed by atoms with Gasteiger partial charge < -0.3 is 9.64 Å². The van der Waals surface area contributed by atoms with E-state index in [9.17, 15) is 0 Å².